The van der Waals surface area contributed by atoms with Gasteiger partial charge in [-0.1, -0.05) is 35.9 Å². The summed E-state index contributed by atoms with van der Waals surface area (Å²) < 4.78 is 1.91. The molecule has 1 amide bonds. The lowest BCUT2D eigenvalue weighted by atomic mass is 10.2. The standard InChI is InChI=1S/C17H16ClN3O/c18-15-8-4-9-16-14(15)12-20-21(16)11-5-10-19-17(22)13-6-2-1-3-7-13/h1-4,6-9,12H,5,10-11H2,(H,19,22). The zero-order valence-corrected chi connectivity index (χ0v) is 12.8. The summed E-state index contributed by atoms with van der Waals surface area (Å²) in [5.74, 6) is -0.0473. The van der Waals surface area contributed by atoms with Crippen molar-refractivity contribution in [2.24, 2.45) is 0 Å². The van der Waals surface area contributed by atoms with Crippen molar-refractivity contribution in [1.82, 2.24) is 15.1 Å². The van der Waals surface area contributed by atoms with Gasteiger partial charge in [0, 0.05) is 24.0 Å². The first kappa shape index (κ1) is 14.6. The van der Waals surface area contributed by atoms with Gasteiger partial charge in [0.15, 0.2) is 0 Å². The Bertz CT molecular complexity index is 783. The molecule has 1 N–H and O–H groups in total. The van der Waals surface area contributed by atoms with E-state index in [-0.39, 0.29) is 5.91 Å². The van der Waals surface area contributed by atoms with Crippen LogP contribution in [0.5, 0.6) is 0 Å². The lowest BCUT2D eigenvalue weighted by molar-refractivity contribution is 0.0952. The predicted octanol–water partition coefficient (Wildman–Crippen LogP) is 3.51. The third-order valence-corrected chi connectivity index (χ3v) is 3.83. The third-order valence-electron chi connectivity index (χ3n) is 3.50. The van der Waals surface area contributed by atoms with Crippen LogP contribution < -0.4 is 5.32 Å². The normalized spacial score (nSPS) is 10.8. The van der Waals surface area contributed by atoms with E-state index in [9.17, 15) is 4.79 Å². The van der Waals surface area contributed by atoms with Crippen LogP contribution in [0.4, 0.5) is 0 Å². The summed E-state index contributed by atoms with van der Waals surface area (Å²) in [4.78, 5) is 11.9. The van der Waals surface area contributed by atoms with Crippen LogP contribution in [0.15, 0.2) is 54.7 Å². The molecule has 0 saturated carbocycles. The summed E-state index contributed by atoms with van der Waals surface area (Å²) in [7, 11) is 0. The number of aryl methyl sites for hydroxylation is 1. The topological polar surface area (TPSA) is 46.9 Å². The molecule has 3 rings (SSSR count). The van der Waals surface area contributed by atoms with Crippen LogP contribution in [-0.2, 0) is 6.54 Å². The lowest BCUT2D eigenvalue weighted by Gasteiger charge is -2.06. The molecule has 0 bridgehead atoms. The number of rotatable bonds is 5. The lowest BCUT2D eigenvalue weighted by Crippen LogP contribution is -2.25. The maximum Gasteiger partial charge on any atom is 0.251 e. The van der Waals surface area contributed by atoms with Crippen LogP contribution >= 0.6 is 11.6 Å². The van der Waals surface area contributed by atoms with E-state index in [1.807, 2.05) is 41.1 Å². The summed E-state index contributed by atoms with van der Waals surface area (Å²) in [6, 6.07) is 15.0. The largest absolute Gasteiger partial charge is 0.352 e. The number of fused-ring (bicyclic) bond motifs is 1. The van der Waals surface area contributed by atoms with Gasteiger partial charge in [-0.05, 0) is 30.7 Å². The summed E-state index contributed by atoms with van der Waals surface area (Å²) in [6.07, 6.45) is 2.59. The minimum absolute atomic E-state index is 0.0473. The number of hydrogen-bond acceptors (Lipinski definition) is 2. The minimum atomic E-state index is -0.0473. The molecule has 0 aliphatic rings. The Labute approximate surface area is 133 Å². The summed E-state index contributed by atoms with van der Waals surface area (Å²) in [6.45, 7) is 1.34. The van der Waals surface area contributed by atoms with Gasteiger partial charge in [-0.2, -0.15) is 5.10 Å². The third kappa shape index (κ3) is 3.12. The number of carbonyl (C=O) groups excluding carboxylic acids is 1. The number of benzene rings is 2. The molecule has 0 saturated heterocycles. The van der Waals surface area contributed by atoms with Crippen molar-refractivity contribution in [2.75, 3.05) is 6.54 Å². The van der Waals surface area contributed by atoms with Gasteiger partial charge < -0.3 is 5.32 Å². The summed E-state index contributed by atoms with van der Waals surface area (Å²) in [5, 5.41) is 8.93. The van der Waals surface area contributed by atoms with Crippen molar-refractivity contribution in [3.8, 4) is 0 Å². The Balaban J connectivity index is 1.55. The second-order valence-electron chi connectivity index (χ2n) is 5.02. The molecule has 0 spiro atoms. The quantitative estimate of drug-likeness (QED) is 0.733. The molecule has 5 heteroatoms. The van der Waals surface area contributed by atoms with E-state index in [0.717, 1.165) is 23.9 Å². The molecular weight excluding hydrogens is 298 g/mol. The number of nitrogens with zero attached hydrogens (tertiary/aromatic N) is 2. The van der Waals surface area contributed by atoms with Gasteiger partial charge in [0.25, 0.3) is 5.91 Å². The number of amides is 1. The molecule has 0 fully saturated rings. The first-order valence-corrected chi connectivity index (χ1v) is 7.57. The Morgan fingerprint density at radius 1 is 1.14 bits per heavy atom. The molecule has 0 radical (unpaired) electrons. The predicted molar refractivity (Wildman–Crippen MR) is 88.1 cm³/mol. The van der Waals surface area contributed by atoms with Gasteiger partial charge in [0.1, 0.15) is 0 Å². The van der Waals surface area contributed by atoms with Gasteiger partial charge in [0.05, 0.1) is 16.7 Å². The van der Waals surface area contributed by atoms with E-state index in [2.05, 4.69) is 10.4 Å². The molecule has 0 aliphatic heterocycles. The van der Waals surface area contributed by atoms with E-state index < -0.39 is 0 Å². The highest BCUT2D eigenvalue weighted by Crippen LogP contribution is 2.22. The first-order valence-electron chi connectivity index (χ1n) is 7.19. The van der Waals surface area contributed by atoms with Gasteiger partial charge in [-0.3, -0.25) is 9.48 Å². The van der Waals surface area contributed by atoms with Gasteiger partial charge >= 0.3 is 0 Å². The number of carbonyl (C=O) groups is 1. The highest BCUT2D eigenvalue weighted by Gasteiger charge is 2.06. The zero-order chi connectivity index (χ0) is 15.4. The van der Waals surface area contributed by atoms with Crippen molar-refractivity contribution < 1.29 is 4.79 Å². The number of aromatic nitrogens is 2. The molecule has 1 heterocycles. The van der Waals surface area contributed by atoms with Gasteiger partial charge in [0.2, 0.25) is 0 Å². The van der Waals surface area contributed by atoms with Crippen LogP contribution in [-0.4, -0.2) is 22.2 Å². The molecular formula is C17H16ClN3O. The number of halogens is 1. The molecule has 0 aliphatic carbocycles. The zero-order valence-electron chi connectivity index (χ0n) is 12.0. The molecule has 112 valence electrons. The Kier molecular flexibility index (Phi) is 4.39. The smallest absolute Gasteiger partial charge is 0.251 e. The first-order chi connectivity index (χ1) is 10.8. The second kappa shape index (κ2) is 6.62. The SMILES string of the molecule is O=C(NCCCn1ncc2c(Cl)cccc21)c1ccccc1. The Morgan fingerprint density at radius 3 is 2.77 bits per heavy atom. The summed E-state index contributed by atoms with van der Waals surface area (Å²) >= 11 is 6.13. The van der Waals surface area contributed by atoms with E-state index in [1.54, 1.807) is 18.3 Å². The van der Waals surface area contributed by atoms with Crippen LogP contribution in [0.1, 0.15) is 16.8 Å². The fourth-order valence-electron chi connectivity index (χ4n) is 2.37. The summed E-state index contributed by atoms with van der Waals surface area (Å²) in [5.41, 5.74) is 1.70. The monoisotopic (exact) mass is 313 g/mol. The molecule has 0 unspecified atom stereocenters. The molecule has 3 aromatic rings. The fraction of sp³-hybridized carbons (Fsp3) is 0.176. The number of hydrogen-bond donors (Lipinski definition) is 1. The Morgan fingerprint density at radius 2 is 1.95 bits per heavy atom. The number of nitrogens with one attached hydrogen (secondary N) is 1. The average molecular weight is 314 g/mol. The average Bonchev–Trinajstić information content (AvgIpc) is 2.97. The molecule has 4 nitrogen and oxygen atoms in total. The maximum absolute atomic E-state index is 11.9. The molecule has 0 atom stereocenters. The Hall–Kier alpha value is -2.33. The molecule has 2 aromatic carbocycles. The van der Waals surface area contributed by atoms with Gasteiger partial charge in [-0.15, -0.1) is 0 Å². The van der Waals surface area contributed by atoms with Crippen molar-refractivity contribution in [2.45, 2.75) is 13.0 Å². The highest BCUT2D eigenvalue weighted by molar-refractivity contribution is 6.35. The molecule has 1 aromatic heterocycles. The molecule has 22 heavy (non-hydrogen) atoms. The van der Waals surface area contributed by atoms with E-state index >= 15 is 0 Å². The van der Waals surface area contributed by atoms with Crippen molar-refractivity contribution in [3.63, 3.8) is 0 Å². The van der Waals surface area contributed by atoms with Crippen LogP contribution in [0, 0.1) is 0 Å². The van der Waals surface area contributed by atoms with Crippen molar-refractivity contribution in [1.29, 1.82) is 0 Å². The van der Waals surface area contributed by atoms with Crippen molar-refractivity contribution in [3.05, 3.63) is 65.3 Å². The van der Waals surface area contributed by atoms with Crippen LogP contribution in [0.25, 0.3) is 10.9 Å². The van der Waals surface area contributed by atoms with Crippen LogP contribution in [0.2, 0.25) is 5.02 Å². The fourth-order valence-corrected chi connectivity index (χ4v) is 2.59. The minimum Gasteiger partial charge on any atom is -0.352 e. The van der Waals surface area contributed by atoms with Crippen molar-refractivity contribution >= 4 is 28.4 Å². The van der Waals surface area contributed by atoms with E-state index in [0.29, 0.717) is 17.1 Å². The van der Waals surface area contributed by atoms with E-state index in [1.165, 1.54) is 0 Å². The maximum atomic E-state index is 11.9. The van der Waals surface area contributed by atoms with Gasteiger partial charge in [-0.25, -0.2) is 0 Å². The van der Waals surface area contributed by atoms with Crippen LogP contribution in [0.3, 0.4) is 0 Å². The second-order valence-corrected chi connectivity index (χ2v) is 5.42. The van der Waals surface area contributed by atoms with E-state index in [4.69, 9.17) is 11.6 Å². The highest BCUT2D eigenvalue weighted by atomic mass is 35.5.